The fourth-order valence-corrected chi connectivity index (χ4v) is 15.0. The first kappa shape index (κ1) is 103. The summed E-state index contributed by atoms with van der Waals surface area (Å²) in [6, 6.07) is 0. The Morgan fingerprint density at radius 3 is 0.676 bits per heavy atom. The number of hydrogen-bond acceptors (Lipinski definition) is 15. The normalized spacial score (nSPS) is 14.0. The van der Waals surface area contributed by atoms with Crippen LogP contribution in [0, 0.1) is 5.92 Å². The summed E-state index contributed by atoms with van der Waals surface area (Å²) in [5.74, 6) is -1.23. The van der Waals surface area contributed by atoms with Gasteiger partial charge in [0.2, 0.25) is 0 Å². The molecule has 0 radical (unpaired) electrons. The Kier molecular flexibility index (Phi) is 77.3. The fourth-order valence-electron chi connectivity index (χ4n) is 13.4. The van der Waals surface area contributed by atoms with Crippen LogP contribution in [0.2, 0.25) is 0 Å². The van der Waals surface area contributed by atoms with E-state index in [0.29, 0.717) is 25.7 Å². The Labute approximate surface area is 645 Å². The van der Waals surface area contributed by atoms with E-state index < -0.39 is 97.5 Å². The number of unbranched alkanes of at least 4 members (excludes halogenated alkanes) is 57. The maximum absolute atomic E-state index is 13.1. The highest BCUT2D eigenvalue weighted by Crippen LogP contribution is 2.45. The summed E-state index contributed by atoms with van der Waals surface area (Å²) >= 11 is 0. The molecule has 0 saturated heterocycles. The van der Waals surface area contributed by atoms with Crippen LogP contribution in [-0.2, 0) is 65.4 Å². The SMILES string of the molecule is CCCCCCCCCCCCCCCCCCCCC(=O)OC[C@H](COP(=O)(O)OC[C@@H](O)COP(=O)(O)OC[C@@H](COC(=O)CCCCCCCCCCCCCC)OC(=O)CCCCCCCCCCCCCCC)OC(=O)CCCCCCCCCCCCCCCCCCCCC(C)CC. The predicted molar refractivity (Wildman–Crippen MR) is 432 cm³/mol. The highest BCUT2D eigenvalue weighted by Gasteiger charge is 2.30. The second-order valence-electron chi connectivity index (χ2n) is 31.2. The molecule has 0 aromatic rings. The molecule has 0 amide bonds. The van der Waals surface area contributed by atoms with Crippen molar-refractivity contribution in [3.05, 3.63) is 0 Å². The average molecular weight is 1540 g/mol. The number of aliphatic hydroxyl groups excluding tert-OH is 1. The number of phosphoric ester groups is 2. The van der Waals surface area contributed by atoms with Crippen LogP contribution in [0.4, 0.5) is 0 Å². The first-order valence-corrected chi connectivity index (χ1v) is 47.7. The van der Waals surface area contributed by atoms with Gasteiger partial charge >= 0.3 is 39.5 Å². The number of hydrogen-bond donors (Lipinski definition) is 3. The van der Waals surface area contributed by atoms with Crippen LogP contribution in [0.1, 0.15) is 465 Å². The summed E-state index contributed by atoms with van der Waals surface area (Å²) in [4.78, 5) is 73.2. The van der Waals surface area contributed by atoms with Gasteiger partial charge in [0.15, 0.2) is 12.2 Å². The summed E-state index contributed by atoms with van der Waals surface area (Å²) in [7, 11) is -9.93. The van der Waals surface area contributed by atoms with Gasteiger partial charge < -0.3 is 33.8 Å². The van der Waals surface area contributed by atoms with Crippen LogP contribution in [0.15, 0.2) is 0 Å². The van der Waals surface area contributed by atoms with Gasteiger partial charge in [0, 0.05) is 25.7 Å². The summed E-state index contributed by atoms with van der Waals surface area (Å²) in [5, 5.41) is 10.7. The minimum absolute atomic E-state index is 0.109. The van der Waals surface area contributed by atoms with Gasteiger partial charge in [0.25, 0.3) is 0 Å². The fraction of sp³-hybridized carbons (Fsp3) is 0.953. The van der Waals surface area contributed by atoms with Gasteiger partial charge in [0.05, 0.1) is 26.4 Å². The van der Waals surface area contributed by atoms with Crippen molar-refractivity contribution in [3.63, 3.8) is 0 Å². The molecule has 3 N–H and O–H groups in total. The molecule has 0 aromatic carbocycles. The minimum Gasteiger partial charge on any atom is -0.462 e. The zero-order valence-corrected chi connectivity index (χ0v) is 70.7. The lowest BCUT2D eigenvalue weighted by Gasteiger charge is -2.21. The Bertz CT molecular complexity index is 2000. The minimum atomic E-state index is -4.97. The summed E-state index contributed by atoms with van der Waals surface area (Å²) < 4.78 is 68.9. The van der Waals surface area contributed by atoms with Crippen molar-refractivity contribution in [1.29, 1.82) is 0 Å². The van der Waals surface area contributed by atoms with Crippen molar-refractivity contribution >= 4 is 39.5 Å². The molecule has 624 valence electrons. The lowest BCUT2D eigenvalue weighted by atomic mass is 9.99. The Morgan fingerprint density at radius 2 is 0.457 bits per heavy atom. The second-order valence-corrected chi connectivity index (χ2v) is 34.1. The van der Waals surface area contributed by atoms with E-state index in [0.717, 1.165) is 95.8 Å². The molecule has 0 bridgehead atoms. The van der Waals surface area contributed by atoms with E-state index in [4.69, 9.17) is 37.0 Å². The van der Waals surface area contributed by atoms with E-state index in [9.17, 15) is 43.2 Å². The molecule has 0 rings (SSSR count). The maximum atomic E-state index is 13.1. The van der Waals surface area contributed by atoms with Crippen LogP contribution in [0.5, 0.6) is 0 Å². The lowest BCUT2D eigenvalue weighted by molar-refractivity contribution is -0.161. The van der Waals surface area contributed by atoms with Crippen molar-refractivity contribution in [2.24, 2.45) is 5.92 Å². The third-order valence-electron chi connectivity index (χ3n) is 20.6. The lowest BCUT2D eigenvalue weighted by Crippen LogP contribution is -2.30. The highest BCUT2D eigenvalue weighted by atomic mass is 31.2. The standard InChI is InChI=1S/C86H168O17P2/c1-6-10-13-16-19-22-25-28-29-30-34-37-41-45-50-55-60-65-70-84(89)97-76-82(103-86(91)72-67-62-57-52-47-42-38-35-32-31-33-36-40-43-48-53-58-63-68-79(5)9-4)78-101-105(94,95)99-74-80(87)73-98-104(92,93)100-77-81(75-96-83(88)69-64-59-54-49-44-27-24-21-18-15-12-8-3)102-85(90)71-66-61-56-51-46-39-26-23-20-17-14-11-7-2/h79-82,87H,6-78H2,1-5H3,(H,92,93)(H,94,95)/t79?,80-,81+,82+/m0/s1. The van der Waals surface area contributed by atoms with Crippen LogP contribution < -0.4 is 0 Å². The van der Waals surface area contributed by atoms with Crippen LogP contribution in [-0.4, -0.2) is 96.7 Å². The van der Waals surface area contributed by atoms with Crippen molar-refractivity contribution in [1.82, 2.24) is 0 Å². The molecule has 105 heavy (non-hydrogen) atoms. The molecular weight excluding hydrogens is 1370 g/mol. The largest absolute Gasteiger partial charge is 0.472 e. The van der Waals surface area contributed by atoms with E-state index in [1.165, 1.54) is 289 Å². The van der Waals surface area contributed by atoms with Gasteiger partial charge in [-0.25, -0.2) is 9.13 Å². The quantitative estimate of drug-likeness (QED) is 0.0222. The molecule has 19 heteroatoms. The number of ether oxygens (including phenoxy) is 4. The van der Waals surface area contributed by atoms with Crippen molar-refractivity contribution < 1.29 is 80.2 Å². The van der Waals surface area contributed by atoms with E-state index in [1.807, 2.05) is 0 Å². The summed E-state index contributed by atoms with van der Waals surface area (Å²) in [6.45, 7) is 7.43. The van der Waals surface area contributed by atoms with Gasteiger partial charge in [-0.05, 0) is 31.6 Å². The zero-order valence-electron chi connectivity index (χ0n) is 68.9. The number of aliphatic hydroxyl groups is 1. The van der Waals surface area contributed by atoms with E-state index >= 15 is 0 Å². The highest BCUT2D eigenvalue weighted by molar-refractivity contribution is 7.47. The molecule has 3 unspecified atom stereocenters. The smallest absolute Gasteiger partial charge is 0.462 e. The average Bonchev–Trinajstić information content (AvgIpc) is 0.953. The Hall–Kier alpha value is -1.94. The van der Waals surface area contributed by atoms with Gasteiger partial charge in [-0.2, -0.15) is 0 Å². The van der Waals surface area contributed by atoms with Crippen LogP contribution in [0.3, 0.4) is 0 Å². The van der Waals surface area contributed by atoms with E-state index in [2.05, 4.69) is 34.6 Å². The Balaban J connectivity index is 5.23. The predicted octanol–water partition coefficient (Wildman–Crippen LogP) is 26.4. The van der Waals surface area contributed by atoms with Crippen LogP contribution in [0.25, 0.3) is 0 Å². The molecule has 0 aliphatic heterocycles. The monoisotopic (exact) mass is 1540 g/mol. The van der Waals surface area contributed by atoms with Gasteiger partial charge in [-0.1, -0.05) is 413 Å². The number of rotatable bonds is 86. The van der Waals surface area contributed by atoms with Gasteiger partial charge in [-0.15, -0.1) is 0 Å². The number of esters is 4. The maximum Gasteiger partial charge on any atom is 0.472 e. The molecule has 17 nitrogen and oxygen atoms in total. The van der Waals surface area contributed by atoms with Crippen molar-refractivity contribution in [2.45, 2.75) is 483 Å². The molecule has 0 spiro atoms. The number of carbonyl (C=O) groups excluding carboxylic acids is 4. The second kappa shape index (κ2) is 78.7. The molecule has 0 heterocycles. The third-order valence-corrected chi connectivity index (χ3v) is 22.5. The molecule has 0 aliphatic carbocycles. The third kappa shape index (κ3) is 78.5. The first-order valence-electron chi connectivity index (χ1n) is 44.7. The van der Waals surface area contributed by atoms with Crippen molar-refractivity contribution in [2.75, 3.05) is 39.6 Å². The molecule has 6 atom stereocenters. The summed E-state index contributed by atoms with van der Waals surface area (Å²) in [6.07, 6.45) is 72.1. The van der Waals surface area contributed by atoms with E-state index in [1.54, 1.807) is 0 Å². The van der Waals surface area contributed by atoms with Gasteiger partial charge in [0.1, 0.15) is 19.3 Å². The molecule has 0 aromatic heterocycles. The zero-order chi connectivity index (χ0) is 76.9. The topological polar surface area (TPSA) is 237 Å². The van der Waals surface area contributed by atoms with Crippen LogP contribution >= 0.6 is 15.6 Å². The molecule has 0 fully saturated rings. The summed E-state index contributed by atoms with van der Waals surface area (Å²) in [5.41, 5.74) is 0. The van der Waals surface area contributed by atoms with Crippen molar-refractivity contribution in [3.8, 4) is 0 Å². The number of phosphoric acid groups is 2. The molecule has 0 aliphatic rings. The Morgan fingerprint density at radius 1 is 0.267 bits per heavy atom. The first-order chi connectivity index (χ1) is 51.1. The van der Waals surface area contributed by atoms with Gasteiger partial charge in [-0.3, -0.25) is 37.3 Å². The number of carbonyl (C=O) groups is 4. The molecule has 0 saturated carbocycles. The van der Waals surface area contributed by atoms with E-state index in [-0.39, 0.29) is 25.7 Å². The molecular formula is C86H168O17P2.